The molecule has 0 atom stereocenters. The first kappa shape index (κ1) is 19.0. The zero-order chi connectivity index (χ0) is 18.7. The molecule has 0 bridgehead atoms. The van der Waals surface area contributed by atoms with Crippen LogP contribution in [0, 0.1) is 0 Å². The van der Waals surface area contributed by atoms with Crippen molar-refractivity contribution < 1.29 is 9.90 Å². The number of amides is 1. The minimum atomic E-state index is -0.556. The van der Waals surface area contributed by atoms with Crippen LogP contribution in [-0.2, 0) is 0 Å². The number of primary amides is 1. The standard InChI is InChI=1S/C19H19BrN2O2S/c1-5-10(2)6-7-11(3)12(4)22-19-17(18(21)24)13-8-14(20)15(23)9-16(13)25-19/h6-9,22-23H,2-5H2,1H3,(H2,21,24)/b7-6-. The van der Waals surface area contributed by atoms with Crippen LogP contribution in [0.15, 0.2) is 65.3 Å². The van der Waals surface area contributed by atoms with Gasteiger partial charge in [-0.1, -0.05) is 44.4 Å². The maximum atomic E-state index is 11.9. The summed E-state index contributed by atoms with van der Waals surface area (Å²) in [5, 5.41) is 14.2. The maximum absolute atomic E-state index is 11.9. The van der Waals surface area contributed by atoms with Crippen molar-refractivity contribution in [2.75, 3.05) is 5.32 Å². The van der Waals surface area contributed by atoms with Gasteiger partial charge in [0.1, 0.15) is 10.8 Å². The van der Waals surface area contributed by atoms with Crippen LogP contribution in [0.2, 0.25) is 0 Å². The highest BCUT2D eigenvalue weighted by atomic mass is 79.9. The second-order valence-electron chi connectivity index (χ2n) is 5.44. The number of fused-ring (bicyclic) bond motifs is 1. The second-order valence-corrected chi connectivity index (χ2v) is 7.35. The van der Waals surface area contributed by atoms with E-state index >= 15 is 0 Å². The van der Waals surface area contributed by atoms with E-state index in [1.807, 2.05) is 19.1 Å². The molecular weight excluding hydrogens is 400 g/mol. The van der Waals surface area contributed by atoms with Crippen molar-refractivity contribution in [1.29, 1.82) is 0 Å². The molecule has 25 heavy (non-hydrogen) atoms. The summed E-state index contributed by atoms with van der Waals surface area (Å²) in [5.41, 5.74) is 8.12. The number of phenolic OH excluding ortho intramolecular Hbond substituents is 1. The summed E-state index contributed by atoms with van der Waals surface area (Å²) in [6.45, 7) is 13.9. The van der Waals surface area contributed by atoms with E-state index in [1.165, 1.54) is 11.3 Å². The molecule has 1 aromatic heterocycles. The van der Waals surface area contributed by atoms with Crippen LogP contribution >= 0.6 is 27.3 Å². The van der Waals surface area contributed by atoms with Crippen LogP contribution in [0.3, 0.4) is 0 Å². The number of rotatable bonds is 7. The molecule has 1 heterocycles. The molecule has 0 spiro atoms. The van der Waals surface area contributed by atoms with Gasteiger partial charge in [0.2, 0.25) is 0 Å². The van der Waals surface area contributed by atoms with Crippen LogP contribution in [-0.4, -0.2) is 11.0 Å². The van der Waals surface area contributed by atoms with Gasteiger partial charge in [0.15, 0.2) is 0 Å². The summed E-state index contributed by atoms with van der Waals surface area (Å²) < 4.78 is 1.24. The molecule has 4 N–H and O–H groups in total. The van der Waals surface area contributed by atoms with Crippen LogP contribution in [0.5, 0.6) is 5.75 Å². The third-order valence-electron chi connectivity index (χ3n) is 3.63. The maximum Gasteiger partial charge on any atom is 0.252 e. The zero-order valence-corrected chi connectivity index (χ0v) is 16.3. The number of hydrogen-bond acceptors (Lipinski definition) is 4. The van der Waals surface area contributed by atoms with Crippen molar-refractivity contribution in [3.05, 3.63) is 70.9 Å². The van der Waals surface area contributed by atoms with Crippen LogP contribution in [0.4, 0.5) is 5.00 Å². The van der Waals surface area contributed by atoms with Gasteiger partial charge in [-0.15, -0.1) is 11.3 Å². The highest BCUT2D eigenvalue weighted by Crippen LogP contribution is 2.41. The normalized spacial score (nSPS) is 11.0. The molecule has 0 saturated heterocycles. The molecule has 0 aliphatic heterocycles. The SMILES string of the molecule is C=C(/C=C\C(=C)C(=C)Nc1sc2cc(O)c(Br)cc2c1C(N)=O)CC. The lowest BCUT2D eigenvalue weighted by molar-refractivity contribution is 0.100. The van der Waals surface area contributed by atoms with E-state index < -0.39 is 5.91 Å². The van der Waals surface area contributed by atoms with Gasteiger partial charge >= 0.3 is 0 Å². The lowest BCUT2D eigenvalue weighted by Crippen LogP contribution is -2.13. The molecule has 4 nitrogen and oxygen atoms in total. The lowest BCUT2D eigenvalue weighted by atomic mass is 10.1. The minimum Gasteiger partial charge on any atom is -0.507 e. The van der Waals surface area contributed by atoms with E-state index in [2.05, 4.69) is 41.0 Å². The number of allylic oxidation sites excluding steroid dienone is 3. The first-order valence-corrected chi connectivity index (χ1v) is 9.11. The molecule has 0 aliphatic rings. The Morgan fingerprint density at radius 2 is 2.04 bits per heavy atom. The molecule has 2 aromatic rings. The van der Waals surface area contributed by atoms with Gasteiger partial charge in [-0.05, 0) is 40.1 Å². The first-order valence-electron chi connectivity index (χ1n) is 7.50. The molecular formula is C19H19BrN2O2S. The summed E-state index contributed by atoms with van der Waals surface area (Å²) >= 11 is 4.57. The van der Waals surface area contributed by atoms with E-state index in [0.717, 1.165) is 16.7 Å². The smallest absolute Gasteiger partial charge is 0.252 e. The monoisotopic (exact) mass is 418 g/mol. The molecule has 0 fully saturated rings. The fourth-order valence-electron chi connectivity index (χ4n) is 2.09. The Morgan fingerprint density at radius 3 is 2.64 bits per heavy atom. The Kier molecular flexibility index (Phi) is 5.87. The number of benzene rings is 1. The van der Waals surface area contributed by atoms with Crippen molar-refractivity contribution >= 4 is 48.3 Å². The predicted molar refractivity (Wildman–Crippen MR) is 110 cm³/mol. The number of hydrogen-bond donors (Lipinski definition) is 3. The molecule has 0 radical (unpaired) electrons. The van der Waals surface area contributed by atoms with Gasteiger partial charge in [0.25, 0.3) is 5.91 Å². The summed E-state index contributed by atoms with van der Waals surface area (Å²) in [4.78, 5) is 11.9. The zero-order valence-electron chi connectivity index (χ0n) is 13.9. The molecule has 1 aromatic carbocycles. The van der Waals surface area contributed by atoms with Crippen LogP contribution in [0.25, 0.3) is 10.1 Å². The van der Waals surface area contributed by atoms with Crippen LogP contribution in [0.1, 0.15) is 23.7 Å². The van der Waals surface area contributed by atoms with Crippen molar-refractivity contribution in [3.8, 4) is 5.75 Å². The highest BCUT2D eigenvalue weighted by molar-refractivity contribution is 9.10. The Balaban J connectivity index is 2.37. The van der Waals surface area contributed by atoms with Crippen molar-refractivity contribution in [2.24, 2.45) is 5.73 Å². The fraction of sp³-hybridized carbons (Fsp3) is 0.105. The first-order chi connectivity index (χ1) is 11.7. The highest BCUT2D eigenvalue weighted by Gasteiger charge is 2.19. The Bertz CT molecular complexity index is 925. The van der Waals surface area contributed by atoms with Crippen molar-refractivity contribution in [1.82, 2.24) is 0 Å². The van der Waals surface area contributed by atoms with E-state index in [-0.39, 0.29) is 5.75 Å². The lowest BCUT2D eigenvalue weighted by Gasteiger charge is -2.09. The summed E-state index contributed by atoms with van der Waals surface area (Å²) in [6, 6.07) is 3.26. The average molecular weight is 419 g/mol. The van der Waals surface area contributed by atoms with Crippen molar-refractivity contribution in [2.45, 2.75) is 13.3 Å². The number of thiophene rings is 1. The Morgan fingerprint density at radius 1 is 1.36 bits per heavy atom. The van der Waals surface area contributed by atoms with Gasteiger partial charge in [-0.3, -0.25) is 4.79 Å². The van der Waals surface area contributed by atoms with Crippen LogP contribution < -0.4 is 11.1 Å². The molecule has 0 saturated carbocycles. The van der Waals surface area contributed by atoms with Gasteiger partial charge in [-0.25, -0.2) is 0 Å². The molecule has 130 valence electrons. The molecule has 6 heteroatoms. The van der Waals surface area contributed by atoms with Gasteiger partial charge in [0, 0.05) is 15.8 Å². The average Bonchev–Trinajstić information content (AvgIpc) is 2.89. The number of nitrogens with one attached hydrogen (secondary N) is 1. The van der Waals surface area contributed by atoms with E-state index in [9.17, 15) is 9.90 Å². The van der Waals surface area contributed by atoms with Gasteiger partial charge in [0.05, 0.1) is 10.0 Å². The topological polar surface area (TPSA) is 75.3 Å². The quantitative estimate of drug-likeness (QED) is 0.521. The Hall–Kier alpha value is -2.31. The molecule has 2 rings (SSSR count). The summed E-state index contributed by atoms with van der Waals surface area (Å²) in [6.07, 6.45) is 4.55. The summed E-state index contributed by atoms with van der Waals surface area (Å²) in [7, 11) is 0. The van der Waals surface area contributed by atoms with E-state index in [4.69, 9.17) is 5.73 Å². The van der Waals surface area contributed by atoms with E-state index in [1.54, 1.807) is 12.1 Å². The minimum absolute atomic E-state index is 0.0977. The number of anilines is 1. The number of nitrogens with two attached hydrogens (primary N) is 1. The predicted octanol–water partition coefficient (Wildman–Crippen LogP) is 5.47. The third-order valence-corrected chi connectivity index (χ3v) is 5.33. The van der Waals surface area contributed by atoms with Crippen molar-refractivity contribution in [3.63, 3.8) is 0 Å². The van der Waals surface area contributed by atoms with E-state index in [0.29, 0.717) is 31.7 Å². The second kappa shape index (κ2) is 7.72. The molecule has 1 amide bonds. The summed E-state index contributed by atoms with van der Waals surface area (Å²) in [5.74, 6) is -0.458. The number of phenols is 1. The molecule has 0 unspecified atom stereocenters. The molecule has 0 aliphatic carbocycles. The number of carbonyl (C=O) groups is 1. The number of carbonyl (C=O) groups excluding carboxylic acids is 1. The Labute approximate surface area is 159 Å². The largest absolute Gasteiger partial charge is 0.507 e. The van der Waals surface area contributed by atoms with Gasteiger partial charge in [-0.2, -0.15) is 0 Å². The van der Waals surface area contributed by atoms with Gasteiger partial charge < -0.3 is 16.2 Å². The number of aromatic hydroxyl groups is 1. The number of halogens is 1. The third kappa shape index (κ3) is 4.21. The fourth-order valence-corrected chi connectivity index (χ4v) is 3.58.